The van der Waals surface area contributed by atoms with Crippen LogP contribution in [0.3, 0.4) is 0 Å². The van der Waals surface area contributed by atoms with Gasteiger partial charge in [-0.05, 0) is 37.0 Å². The minimum absolute atomic E-state index is 0.127. The van der Waals surface area contributed by atoms with Crippen LogP contribution >= 0.6 is 0 Å². The molecule has 0 aliphatic rings. The molecule has 0 aliphatic carbocycles. The maximum atomic E-state index is 11.8. The molecule has 0 radical (unpaired) electrons. The molecular formula is C15H21NO4. The Balaban J connectivity index is 3.28. The Morgan fingerprint density at radius 3 is 1.70 bits per heavy atom. The SMILES string of the molecule is CCOC(=O)c1cc(C(C)(C)C)cc(C(=O)OCC)n1. The fourth-order valence-electron chi connectivity index (χ4n) is 1.58. The topological polar surface area (TPSA) is 65.5 Å². The number of aromatic nitrogens is 1. The Bertz CT molecular complexity index is 467. The van der Waals surface area contributed by atoms with E-state index in [-0.39, 0.29) is 30.0 Å². The largest absolute Gasteiger partial charge is 0.461 e. The summed E-state index contributed by atoms with van der Waals surface area (Å²) in [6.07, 6.45) is 0. The predicted molar refractivity (Wildman–Crippen MR) is 74.9 cm³/mol. The molecular weight excluding hydrogens is 258 g/mol. The van der Waals surface area contributed by atoms with E-state index in [1.54, 1.807) is 26.0 Å². The molecule has 0 unspecified atom stereocenters. The van der Waals surface area contributed by atoms with Crippen molar-refractivity contribution in [1.82, 2.24) is 4.98 Å². The van der Waals surface area contributed by atoms with Gasteiger partial charge in [0.2, 0.25) is 0 Å². The lowest BCUT2D eigenvalue weighted by Gasteiger charge is -2.20. The van der Waals surface area contributed by atoms with Crippen LogP contribution in [0, 0.1) is 0 Å². The van der Waals surface area contributed by atoms with Gasteiger partial charge in [0.1, 0.15) is 11.4 Å². The van der Waals surface area contributed by atoms with Crippen LogP contribution in [-0.4, -0.2) is 30.1 Å². The number of carbonyl (C=O) groups is 2. The van der Waals surface area contributed by atoms with Crippen molar-refractivity contribution in [1.29, 1.82) is 0 Å². The first-order valence-corrected chi connectivity index (χ1v) is 6.66. The van der Waals surface area contributed by atoms with Crippen LogP contribution in [-0.2, 0) is 14.9 Å². The highest BCUT2D eigenvalue weighted by molar-refractivity contribution is 5.92. The predicted octanol–water partition coefficient (Wildman–Crippen LogP) is 2.73. The van der Waals surface area contributed by atoms with Crippen molar-refractivity contribution in [2.45, 2.75) is 40.0 Å². The third-order valence-corrected chi connectivity index (χ3v) is 2.66. The van der Waals surface area contributed by atoms with Crippen LogP contribution in [0.25, 0.3) is 0 Å². The summed E-state index contributed by atoms with van der Waals surface area (Å²) in [4.78, 5) is 27.7. The van der Waals surface area contributed by atoms with Gasteiger partial charge in [-0.2, -0.15) is 0 Å². The minimum atomic E-state index is -0.538. The molecule has 1 aromatic rings. The van der Waals surface area contributed by atoms with E-state index in [1.807, 2.05) is 20.8 Å². The number of hydrogen-bond donors (Lipinski definition) is 0. The summed E-state index contributed by atoms with van der Waals surface area (Å²) in [5.41, 5.74) is 0.870. The Morgan fingerprint density at radius 2 is 1.40 bits per heavy atom. The molecule has 0 aromatic carbocycles. The lowest BCUT2D eigenvalue weighted by molar-refractivity contribution is 0.0511. The lowest BCUT2D eigenvalue weighted by Crippen LogP contribution is -2.18. The number of carbonyl (C=O) groups excluding carboxylic acids is 2. The van der Waals surface area contributed by atoms with Crippen molar-refractivity contribution in [3.8, 4) is 0 Å². The summed E-state index contributed by atoms with van der Waals surface area (Å²) in [5, 5.41) is 0. The van der Waals surface area contributed by atoms with Crippen LogP contribution in [0.4, 0.5) is 0 Å². The number of ether oxygens (including phenoxy) is 2. The number of nitrogens with zero attached hydrogens (tertiary/aromatic N) is 1. The number of hydrogen-bond acceptors (Lipinski definition) is 5. The van der Waals surface area contributed by atoms with Crippen LogP contribution in [0.15, 0.2) is 12.1 Å². The quantitative estimate of drug-likeness (QED) is 0.793. The molecule has 110 valence electrons. The van der Waals surface area contributed by atoms with E-state index < -0.39 is 11.9 Å². The van der Waals surface area contributed by atoms with Gasteiger partial charge in [-0.25, -0.2) is 14.6 Å². The van der Waals surface area contributed by atoms with E-state index in [1.165, 1.54) is 0 Å². The molecule has 0 atom stereocenters. The Hall–Kier alpha value is -1.91. The minimum Gasteiger partial charge on any atom is -0.461 e. The van der Waals surface area contributed by atoms with E-state index in [0.29, 0.717) is 0 Å². The van der Waals surface area contributed by atoms with Gasteiger partial charge in [0, 0.05) is 0 Å². The number of pyridine rings is 1. The molecule has 0 amide bonds. The molecule has 0 saturated heterocycles. The molecule has 1 rings (SSSR count). The average Bonchev–Trinajstić information content (AvgIpc) is 2.37. The Kier molecular flexibility index (Phi) is 5.25. The summed E-state index contributed by atoms with van der Waals surface area (Å²) in [5.74, 6) is -1.08. The molecule has 0 fully saturated rings. The van der Waals surface area contributed by atoms with Gasteiger partial charge in [-0.1, -0.05) is 20.8 Å². The highest BCUT2D eigenvalue weighted by atomic mass is 16.5. The van der Waals surface area contributed by atoms with E-state index in [2.05, 4.69) is 4.98 Å². The van der Waals surface area contributed by atoms with Gasteiger partial charge in [-0.3, -0.25) is 0 Å². The first-order chi connectivity index (χ1) is 9.29. The molecule has 0 saturated carbocycles. The fraction of sp³-hybridized carbons (Fsp3) is 0.533. The fourth-order valence-corrected chi connectivity index (χ4v) is 1.58. The normalized spacial score (nSPS) is 11.1. The van der Waals surface area contributed by atoms with E-state index in [0.717, 1.165) is 5.56 Å². The first kappa shape index (κ1) is 16.1. The maximum absolute atomic E-state index is 11.8. The molecule has 0 bridgehead atoms. The highest BCUT2D eigenvalue weighted by Gasteiger charge is 2.22. The summed E-state index contributed by atoms with van der Waals surface area (Å²) in [6.45, 7) is 9.93. The summed E-state index contributed by atoms with van der Waals surface area (Å²) in [7, 11) is 0. The highest BCUT2D eigenvalue weighted by Crippen LogP contribution is 2.24. The van der Waals surface area contributed by atoms with Crippen molar-refractivity contribution in [2.24, 2.45) is 0 Å². The third-order valence-electron chi connectivity index (χ3n) is 2.66. The number of esters is 2. The van der Waals surface area contributed by atoms with Crippen molar-refractivity contribution in [2.75, 3.05) is 13.2 Å². The van der Waals surface area contributed by atoms with Crippen molar-refractivity contribution >= 4 is 11.9 Å². The van der Waals surface area contributed by atoms with E-state index in [4.69, 9.17) is 9.47 Å². The first-order valence-electron chi connectivity index (χ1n) is 6.66. The zero-order valence-electron chi connectivity index (χ0n) is 12.6. The molecule has 5 nitrogen and oxygen atoms in total. The van der Waals surface area contributed by atoms with Gasteiger partial charge in [-0.15, -0.1) is 0 Å². The van der Waals surface area contributed by atoms with Crippen molar-refractivity contribution in [3.05, 3.63) is 29.1 Å². The molecule has 5 heteroatoms. The van der Waals surface area contributed by atoms with E-state index in [9.17, 15) is 9.59 Å². The molecule has 0 spiro atoms. The molecule has 1 heterocycles. The summed E-state index contributed by atoms with van der Waals surface area (Å²) in [6, 6.07) is 3.31. The zero-order valence-corrected chi connectivity index (χ0v) is 12.6. The van der Waals surface area contributed by atoms with Gasteiger partial charge in [0.25, 0.3) is 0 Å². The Morgan fingerprint density at radius 1 is 1.00 bits per heavy atom. The molecule has 0 N–H and O–H groups in total. The van der Waals surface area contributed by atoms with Gasteiger partial charge in [0.05, 0.1) is 13.2 Å². The third kappa shape index (κ3) is 4.05. The second kappa shape index (κ2) is 6.50. The van der Waals surface area contributed by atoms with Crippen molar-refractivity contribution in [3.63, 3.8) is 0 Å². The molecule has 0 aliphatic heterocycles. The average molecular weight is 279 g/mol. The lowest BCUT2D eigenvalue weighted by atomic mass is 9.86. The van der Waals surface area contributed by atoms with Gasteiger partial charge < -0.3 is 9.47 Å². The maximum Gasteiger partial charge on any atom is 0.356 e. The molecule has 20 heavy (non-hydrogen) atoms. The zero-order chi connectivity index (χ0) is 15.3. The van der Waals surface area contributed by atoms with Gasteiger partial charge in [0.15, 0.2) is 0 Å². The monoisotopic (exact) mass is 279 g/mol. The van der Waals surface area contributed by atoms with Gasteiger partial charge >= 0.3 is 11.9 Å². The van der Waals surface area contributed by atoms with Crippen LogP contribution in [0.1, 0.15) is 61.2 Å². The summed E-state index contributed by atoms with van der Waals surface area (Å²) >= 11 is 0. The second-order valence-corrected chi connectivity index (χ2v) is 5.32. The second-order valence-electron chi connectivity index (χ2n) is 5.32. The smallest absolute Gasteiger partial charge is 0.356 e. The van der Waals surface area contributed by atoms with Crippen LogP contribution in [0.5, 0.6) is 0 Å². The standard InChI is InChI=1S/C15H21NO4/c1-6-19-13(17)11-8-10(15(3,4)5)9-12(16-11)14(18)20-7-2/h8-9H,6-7H2,1-5H3. The van der Waals surface area contributed by atoms with E-state index >= 15 is 0 Å². The van der Waals surface area contributed by atoms with Crippen LogP contribution < -0.4 is 0 Å². The molecule has 1 aromatic heterocycles. The van der Waals surface area contributed by atoms with Crippen molar-refractivity contribution < 1.29 is 19.1 Å². The summed E-state index contributed by atoms with van der Waals surface area (Å²) < 4.78 is 9.87. The Labute approximate surface area is 119 Å². The van der Waals surface area contributed by atoms with Crippen LogP contribution in [0.2, 0.25) is 0 Å². The number of rotatable bonds is 4.